The molecule has 0 saturated heterocycles. The molecule has 0 saturated carbocycles. The lowest BCUT2D eigenvalue weighted by Gasteiger charge is -1.94. The SMILES string of the molecule is OC/C(Br)=C(\O)CBr. The largest absolute Gasteiger partial charge is 0.510 e. The highest BCUT2D eigenvalue weighted by Gasteiger charge is 1.95. The molecule has 48 valence electrons. The summed E-state index contributed by atoms with van der Waals surface area (Å²) in [5, 5.41) is 17.5. The van der Waals surface area contributed by atoms with Crippen molar-refractivity contribution in [2.75, 3.05) is 11.9 Å². The molecule has 2 nitrogen and oxygen atoms in total. The smallest absolute Gasteiger partial charge is 0.115 e. The van der Waals surface area contributed by atoms with E-state index in [1.165, 1.54) is 0 Å². The summed E-state index contributed by atoms with van der Waals surface area (Å²) in [6.45, 7) is -0.155. The first-order valence-corrected chi connectivity index (χ1v) is 3.87. The molecule has 0 atom stereocenters. The molecule has 2 N–H and O–H groups in total. The van der Waals surface area contributed by atoms with Gasteiger partial charge < -0.3 is 10.2 Å². The second-order valence-corrected chi connectivity index (χ2v) is 2.66. The number of halogens is 2. The van der Waals surface area contributed by atoms with Crippen LogP contribution in [0.5, 0.6) is 0 Å². The van der Waals surface area contributed by atoms with Gasteiger partial charge in [0, 0.05) is 0 Å². The average molecular weight is 246 g/mol. The van der Waals surface area contributed by atoms with Gasteiger partial charge in [-0.25, -0.2) is 0 Å². The first-order valence-electron chi connectivity index (χ1n) is 1.95. The number of rotatable bonds is 2. The molecule has 0 aliphatic heterocycles. The lowest BCUT2D eigenvalue weighted by Crippen LogP contribution is -1.89. The number of hydrogen-bond acceptors (Lipinski definition) is 2. The molecule has 0 bridgehead atoms. The van der Waals surface area contributed by atoms with Crippen LogP contribution in [0, 0.1) is 0 Å². The fourth-order valence-electron chi connectivity index (χ4n) is 0.164. The lowest BCUT2D eigenvalue weighted by molar-refractivity contribution is 0.327. The molecule has 8 heavy (non-hydrogen) atoms. The molecule has 0 fully saturated rings. The van der Waals surface area contributed by atoms with Crippen molar-refractivity contribution in [3.63, 3.8) is 0 Å². The second-order valence-electron chi connectivity index (χ2n) is 1.14. The number of aliphatic hydroxyl groups is 2. The summed E-state index contributed by atoms with van der Waals surface area (Å²) < 4.78 is 0.425. The Morgan fingerprint density at radius 3 is 2.12 bits per heavy atom. The van der Waals surface area contributed by atoms with Crippen molar-refractivity contribution in [1.29, 1.82) is 0 Å². The van der Waals surface area contributed by atoms with Crippen molar-refractivity contribution in [3.05, 3.63) is 10.2 Å². The van der Waals surface area contributed by atoms with Gasteiger partial charge in [0.2, 0.25) is 0 Å². The first-order chi connectivity index (χ1) is 3.72. The highest BCUT2D eigenvalue weighted by molar-refractivity contribution is 9.12. The number of allylic oxidation sites excluding steroid dienone is 1. The van der Waals surface area contributed by atoms with Gasteiger partial charge in [0.15, 0.2) is 0 Å². The van der Waals surface area contributed by atoms with E-state index in [0.717, 1.165) is 0 Å². The van der Waals surface area contributed by atoms with Crippen LogP contribution in [0.1, 0.15) is 0 Å². The van der Waals surface area contributed by atoms with Crippen LogP contribution >= 0.6 is 31.9 Å². The Balaban J connectivity index is 3.83. The molecule has 0 radical (unpaired) electrons. The minimum Gasteiger partial charge on any atom is -0.510 e. The summed E-state index contributed by atoms with van der Waals surface area (Å²) in [5.41, 5.74) is 0. The lowest BCUT2D eigenvalue weighted by atomic mass is 10.5. The van der Waals surface area contributed by atoms with Crippen molar-refractivity contribution in [1.82, 2.24) is 0 Å². The van der Waals surface area contributed by atoms with Crippen LogP contribution in [0.2, 0.25) is 0 Å². The molecular weight excluding hydrogens is 240 g/mol. The van der Waals surface area contributed by atoms with E-state index in [-0.39, 0.29) is 12.4 Å². The van der Waals surface area contributed by atoms with E-state index in [9.17, 15) is 0 Å². The Bertz CT molecular complexity index is 88.2. The van der Waals surface area contributed by atoms with E-state index in [1.54, 1.807) is 0 Å². The van der Waals surface area contributed by atoms with E-state index >= 15 is 0 Å². The molecule has 0 aromatic carbocycles. The fourth-order valence-corrected chi connectivity index (χ4v) is 1.02. The van der Waals surface area contributed by atoms with E-state index in [4.69, 9.17) is 10.2 Å². The maximum atomic E-state index is 8.75. The van der Waals surface area contributed by atoms with Crippen LogP contribution in [0.4, 0.5) is 0 Å². The molecular formula is C4H6Br2O2. The Morgan fingerprint density at radius 2 is 2.00 bits per heavy atom. The van der Waals surface area contributed by atoms with Gasteiger partial charge in [0.05, 0.1) is 16.4 Å². The Labute approximate surface area is 64.5 Å². The molecule has 0 unspecified atom stereocenters. The Kier molecular flexibility index (Phi) is 4.60. The van der Waals surface area contributed by atoms with Crippen LogP contribution in [-0.4, -0.2) is 22.2 Å². The van der Waals surface area contributed by atoms with Gasteiger partial charge in [0.1, 0.15) is 5.76 Å². The Hall–Kier alpha value is 0.460. The zero-order valence-corrected chi connectivity index (χ0v) is 7.24. The van der Waals surface area contributed by atoms with Gasteiger partial charge >= 0.3 is 0 Å². The standard InChI is InChI=1S/C4H6Br2O2/c5-1-4(8)3(6)2-7/h7-8H,1-2H2/b4-3+. The maximum Gasteiger partial charge on any atom is 0.115 e. The highest BCUT2D eigenvalue weighted by atomic mass is 79.9. The zero-order valence-electron chi connectivity index (χ0n) is 4.06. The molecule has 0 aromatic heterocycles. The normalized spacial score (nSPS) is 13.4. The predicted octanol–water partition coefficient (Wildman–Crippen LogP) is 1.54. The summed E-state index contributed by atoms with van der Waals surface area (Å²) in [4.78, 5) is 0. The molecule has 0 aromatic rings. The molecule has 0 rings (SSSR count). The first kappa shape index (κ1) is 8.46. The van der Waals surface area contributed by atoms with Gasteiger partial charge in [-0.1, -0.05) is 15.9 Å². The van der Waals surface area contributed by atoms with Gasteiger partial charge in [-0.05, 0) is 15.9 Å². The molecule has 0 heterocycles. The van der Waals surface area contributed by atoms with Crippen molar-refractivity contribution in [2.45, 2.75) is 0 Å². The molecule has 0 amide bonds. The van der Waals surface area contributed by atoms with Gasteiger partial charge in [-0.15, -0.1) is 0 Å². The highest BCUT2D eigenvalue weighted by Crippen LogP contribution is 2.09. The third-order valence-corrected chi connectivity index (χ3v) is 1.82. The molecule has 0 spiro atoms. The molecule has 0 aliphatic carbocycles. The molecule has 0 aliphatic rings. The second kappa shape index (κ2) is 4.35. The van der Waals surface area contributed by atoms with E-state index in [0.29, 0.717) is 9.81 Å². The van der Waals surface area contributed by atoms with Gasteiger partial charge in [0.25, 0.3) is 0 Å². The van der Waals surface area contributed by atoms with Crippen LogP contribution in [0.15, 0.2) is 10.2 Å². The topological polar surface area (TPSA) is 40.5 Å². The van der Waals surface area contributed by atoms with Crippen molar-refractivity contribution < 1.29 is 10.2 Å². The van der Waals surface area contributed by atoms with Crippen LogP contribution < -0.4 is 0 Å². The van der Waals surface area contributed by atoms with E-state index in [2.05, 4.69) is 31.9 Å². The minimum absolute atomic E-state index is 0.132. The number of hydrogen-bond donors (Lipinski definition) is 2. The van der Waals surface area contributed by atoms with E-state index < -0.39 is 0 Å². The van der Waals surface area contributed by atoms with E-state index in [1.807, 2.05) is 0 Å². The van der Waals surface area contributed by atoms with Crippen molar-refractivity contribution in [3.8, 4) is 0 Å². The summed E-state index contributed by atoms with van der Waals surface area (Å²) in [5.74, 6) is 0.132. The quantitative estimate of drug-likeness (QED) is 0.573. The third kappa shape index (κ3) is 2.69. The summed E-state index contributed by atoms with van der Waals surface area (Å²) in [7, 11) is 0. The molecule has 4 heteroatoms. The summed E-state index contributed by atoms with van der Waals surface area (Å²) >= 11 is 5.96. The average Bonchev–Trinajstić information content (AvgIpc) is 1.84. The predicted molar refractivity (Wildman–Crippen MR) is 39.5 cm³/mol. The van der Waals surface area contributed by atoms with Crippen molar-refractivity contribution >= 4 is 31.9 Å². The maximum absolute atomic E-state index is 8.75. The minimum atomic E-state index is -0.155. The monoisotopic (exact) mass is 244 g/mol. The van der Waals surface area contributed by atoms with Crippen LogP contribution in [0.25, 0.3) is 0 Å². The summed E-state index contributed by atoms with van der Waals surface area (Å²) in [6, 6.07) is 0. The summed E-state index contributed by atoms with van der Waals surface area (Å²) in [6.07, 6.45) is 0. The van der Waals surface area contributed by atoms with Crippen molar-refractivity contribution in [2.24, 2.45) is 0 Å². The van der Waals surface area contributed by atoms with Gasteiger partial charge in [-0.3, -0.25) is 0 Å². The van der Waals surface area contributed by atoms with Crippen LogP contribution in [0.3, 0.4) is 0 Å². The zero-order chi connectivity index (χ0) is 6.57. The van der Waals surface area contributed by atoms with Gasteiger partial charge in [-0.2, -0.15) is 0 Å². The number of aliphatic hydroxyl groups excluding tert-OH is 2. The number of alkyl halides is 1. The Morgan fingerprint density at radius 1 is 1.50 bits per heavy atom. The fraction of sp³-hybridized carbons (Fsp3) is 0.500. The third-order valence-electron chi connectivity index (χ3n) is 0.579. The van der Waals surface area contributed by atoms with Crippen LogP contribution in [-0.2, 0) is 0 Å².